The van der Waals surface area contributed by atoms with Gasteiger partial charge >= 0.3 is 0 Å². The van der Waals surface area contributed by atoms with Gasteiger partial charge in [0.05, 0.1) is 11.6 Å². The van der Waals surface area contributed by atoms with Crippen LogP contribution in [0, 0.1) is 0 Å². The lowest BCUT2D eigenvalue weighted by Gasteiger charge is -2.33. The van der Waals surface area contributed by atoms with Gasteiger partial charge in [-0.2, -0.15) is 0 Å². The normalized spacial score (nSPS) is 15.9. The third-order valence-electron chi connectivity index (χ3n) is 5.74. The molecule has 0 unspecified atom stereocenters. The van der Waals surface area contributed by atoms with Gasteiger partial charge in [0.2, 0.25) is 5.91 Å². The Hall–Kier alpha value is -4.00. The minimum atomic E-state index is -0.587. The number of carbonyl (C=O) groups is 2. The molecule has 3 aromatic rings. The number of likely N-dealkylation sites (tertiary alicyclic amines) is 1. The van der Waals surface area contributed by atoms with Crippen molar-refractivity contribution in [3.8, 4) is 22.6 Å². The molecular formula is C25H26N4O3. The largest absolute Gasteiger partial charge is 0.457 e. The standard InChI is InChI=1S/C25H26N4O3/c1-2-22(30)28-14-6-7-18(15-28)29-16-21(23(24(29)26)25(27)31)17-10-12-20(13-11-17)32-19-8-4-3-5-9-19/h2-5,8-13,16,18H,1,6-7,14-15,26H2,(H2,27,31)/t18-/m1/s1. The Morgan fingerprint density at radius 3 is 2.41 bits per heavy atom. The monoisotopic (exact) mass is 430 g/mol. The van der Waals surface area contributed by atoms with Gasteiger partial charge in [-0.25, -0.2) is 0 Å². The molecule has 1 aromatic heterocycles. The first-order valence-corrected chi connectivity index (χ1v) is 10.5. The number of hydrogen-bond acceptors (Lipinski definition) is 4. The number of aromatic nitrogens is 1. The van der Waals surface area contributed by atoms with Crippen LogP contribution in [0.25, 0.3) is 11.1 Å². The predicted octanol–water partition coefficient (Wildman–Crippen LogP) is 3.98. The number of hydrogen-bond donors (Lipinski definition) is 2. The third kappa shape index (κ3) is 4.23. The van der Waals surface area contributed by atoms with Crippen molar-refractivity contribution in [3.63, 3.8) is 0 Å². The number of amides is 2. The van der Waals surface area contributed by atoms with E-state index in [0.29, 0.717) is 30.2 Å². The van der Waals surface area contributed by atoms with E-state index in [4.69, 9.17) is 16.2 Å². The number of nitrogens with zero attached hydrogens (tertiary/aromatic N) is 2. The number of nitrogen functional groups attached to an aromatic ring is 1. The van der Waals surface area contributed by atoms with Gasteiger partial charge in [0.15, 0.2) is 0 Å². The van der Waals surface area contributed by atoms with Crippen molar-refractivity contribution in [2.75, 3.05) is 18.8 Å². The first kappa shape index (κ1) is 21.2. The quantitative estimate of drug-likeness (QED) is 0.577. The molecule has 2 aromatic carbocycles. The predicted molar refractivity (Wildman–Crippen MR) is 124 cm³/mol. The Morgan fingerprint density at radius 2 is 1.75 bits per heavy atom. The van der Waals surface area contributed by atoms with Crippen LogP contribution < -0.4 is 16.2 Å². The van der Waals surface area contributed by atoms with Crippen molar-refractivity contribution in [1.82, 2.24) is 9.47 Å². The van der Waals surface area contributed by atoms with Gasteiger partial charge in [-0.05, 0) is 48.7 Å². The number of anilines is 1. The smallest absolute Gasteiger partial charge is 0.253 e. The van der Waals surface area contributed by atoms with Gasteiger partial charge in [0, 0.05) is 24.8 Å². The fourth-order valence-corrected chi connectivity index (χ4v) is 4.16. The van der Waals surface area contributed by atoms with Crippen LogP contribution in [0.1, 0.15) is 29.2 Å². The average molecular weight is 431 g/mol. The molecule has 7 heteroatoms. The summed E-state index contributed by atoms with van der Waals surface area (Å²) in [5.41, 5.74) is 13.8. The summed E-state index contributed by atoms with van der Waals surface area (Å²) in [5, 5.41) is 0. The first-order chi connectivity index (χ1) is 15.5. The van der Waals surface area contributed by atoms with E-state index in [1.54, 1.807) is 4.90 Å². The van der Waals surface area contributed by atoms with E-state index in [2.05, 4.69) is 6.58 Å². The fraction of sp³-hybridized carbons (Fsp3) is 0.200. The minimum Gasteiger partial charge on any atom is -0.457 e. The minimum absolute atomic E-state index is 0.0415. The number of piperidine rings is 1. The molecule has 0 spiro atoms. The average Bonchev–Trinajstić information content (AvgIpc) is 3.17. The Kier molecular flexibility index (Phi) is 5.98. The number of rotatable bonds is 6. The molecule has 1 fully saturated rings. The maximum absolute atomic E-state index is 12.3. The van der Waals surface area contributed by atoms with Crippen LogP contribution >= 0.6 is 0 Å². The lowest BCUT2D eigenvalue weighted by molar-refractivity contribution is -0.127. The second-order valence-electron chi connectivity index (χ2n) is 7.80. The maximum Gasteiger partial charge on any atom is 0.253 e. The molecule has 1 atom stereocenters. The molecule has 1 aliphatic rings. The van der Waals surface area contributed by atoms with Gasteiger partial charge in [0.25, 0.3) is 5.91 Å². The van der Waals surface area contributed by atoms with E-state index in [-0.39, 0.29) is 17.5 Å². The van der Waals surface area contributed by atoms with Gasteiger partial charge in [-0.3, -0.25) is 9.59 Å². The van der Waals surface area contributed by atoms with E-state index in [0.717, 1.165) is 24.2 Å². The van der Waals surface area contributed by atoms with Gasteiger partial charge in [0.1, 0.15) is 17.3 Å². The SMILES string of the molecule is C=CC(=O)N1CCC[C@@H](n2cc(-c3ccc(Oc4ccccc4)cc3)c(C(N)=O)c2N)C1. The van der Waals surface area contributed by atoms with E-state index in [1.807, 2.05) is 65.4 Å². The number of carbonyl (C=O) groups excluding carboxylic acids is 2. The molecular weight excluding hydrogens is 404 g/mol. The second kappa shape index (κ2) is 9.01. The number of primary amides is 1. The highest BCUT2D eigenvalue weighted by molar-refractivity contribution is 6.04. The molecule has 1 aliphatic heterocycles. The molecule has 2 heterocycles. The van der Waals surface area contributed by atoms with Crippen molar-refractivity contribution in [3.05, 3.63) is 79.0 Å². The molecule has 32 heavy (non-hydrogen) atoms. The van der Waals surface area contributed by atoms with E-state index in [1.165, 1.54) is 6.08 Å². The molecule has 4 rings (SSSR count). The number of benzene rings is 2. The van der Waals surface area contributed by atoms with Crippen LogP contribution in [0.15, 0.2) is 73.4 Å². The second-order valence-corrected chi connectivity index (χ2v) is 7.80. The first-order valence-electron chi connectivity index (χ1n) is 10.5. The highest BCUT2D eigenvalue weighted by atomic mass is 16.5. The topological polar surface area (TPSA) is 104 Å². The van der Waals surface area contributed by atoms with Gasteiger partial charge < -0.3 is 25.7 Å². The number of ether oxygens (including phenoxy) is 1. The number of nitrogens with two attached hydrogens (primary N) is 2. The molecule has 164 valence electrons. The summed E-state index contributed by atoms with van der Waals surface area (Å²) in [6.45, 7) is 4.76. The summed E-state index contributed by atoms with van der Waals surface area (Å²) >= 11 is 0. The summed E-state index contributed by atoms with van der Waals surface area (Å²) in [7, 11) is 0. The maximum atomic E-state index is 12.3. The van der Waals surface area contributed by atoms with Crippen LogP contribution in [0.2, 0.25) is 0 Å². The summed E-state index contributed by atoms with van der Waals surface area (Å²) < 4.78 is 7.72. The van der Waals surface area contributed by atoms with Gasteiger partial charge in [-0.15, -0.1) is 0 Å². The van der Waals surface area contributed by atoms with E-state index in [9.17, 15) is 9.59 Å². The van der Waals surface area contributed by atoms with Crippen molar-refractivity contribution in [2.24, 2.45) is 5.73 Å². The Balaban J connectivity index is 1.63. The fourth-order valence-electron chi connectivity index (χ4n) is 4.16. The Labute approximate surface area is 186 Å². The zero-order valence-corrected chi connectivity index (χ0v) is 17.7. The Bertz CT molecular complexity index is 1140. The van der Waals surface area contributed by atoms with Crippen molar-refractivity contribution >= 4 is 17.6 Å². The molecule has 0 radical (unpaired) electrons. The number of para-hydroxylation sites is 1. The Morgan fingerprint density at radius 1 is 1.06 bits per heavy atom. The molecule has 0 saturated carbocycles. The highest BCUT2D eigenvalue weighted by Crippen LogP contribution is 2.35. The van der Waals surface area contributed by atoms with Crippen LogP contribution in [0.4, 0.5) is 5.82 Å². The van der Waals surface area contributed by atoms with Crippen molar-refractivity contribution < 1.29 is 14.3 Å². The third-order valence-corrected chi connectivity index (χ3v) is 5.74. The van der Waals surface area contributed by atoms with Crippen LogP contribution in [-0.4, -0.2) is 34.4 Å². The summed E-state index contributed by atoms with van der Waals surface area (Å²) in [6, 6.07) is 16.9. The van der Waals surface area contributed by atoms with E-state index < -0.39 is 5.91 Å². The van der Waals surface area contributed by atoms with Gasteiger partial charge in [-0.1, -0.05) is 36.9 Å². The summed E-state index contributed by atoms with van der Waals surface area (Å²) in [5.74, 6) is 1.04. The lowest BCUT2D eigenvalue weighted by Crippen LogP contribution is -2.40. The summed E-state index contributed by atoms with van der Waals surface area (Å²) in [4.78, 5) is 26.1. The molecule has 1 saturated heterocycles. The molecule has 0 bridgehead atoms. The lowest BCUT2D eigenvalue weighted by atomic mass is 10.0. The van der Waals surface area contributed by atoms with Crippen molar-refractivity contribution in [1.29, 1.82) is 0 Å². The zero-order chi connectivity index (χ0) is 22.7. The molecule has 0 aliphatic carbocycles. The zero-order valence-electron chi connectivity index (χ0n) is 17.7. The van der Waals surface area contributed by atoms with E-state index >= 15 is 0 Å². The summed E-state index contributed by atoms with van der Waals surface area (Å²) in [6.07, 6.45) is 4.87. The van der Waals surface area contributed by atoms with Crippen LogP contribution in [-0.2, 0) is 4.79 Å². The van der Waals surface area contributed by atoms with Crippen LogP contribution in [0.3, 0.4) is 0 Å². The highest BCUT2D eigenvalue weighted by Gasteiger charge is 2.28. The van der Waals surface area contributed by atoms with Crippen molar-refractivity contribution in [2.45, 2.75) is 18.9 Å². The molecule has 2 amide bonds. The van der Waals surface area contributed by atoms with Crippen LogP contribution in [0.5, 0.6) is 11.5 Å². The molecule has 7 nitrogen and oxygen atoms in total. The molecule has 4 N–H and O–H groups in total.